The van der Waals surface area contributed by atoms with Crippen LogP contribution in [0.25, 0.3) is 0 Å². The number of carbonyl (C=O) groups excluding carboxylic acids is 2. The first-order valence-electron chi connectivity index (χ1n) is 6.44. The summed E-state index contributed by atoms with van der Waals surface area (Å²) in [5.41, 5.74) is 2.96. The molecule has 2 heterocycles. The van der Waals surface area contributed by atoms with Crippen molar-refractivity contribution in [2.24, 2.45) is 0 Å². The van der Waals surface area contributed by atoms with Crippen molar-refractivity contribution in [2.45, 2.75) is 12.8 Å². The zero-order valence-electron chi connectivity index (χ0n) is 10.6. The van der Waals surface area contributed by atoms with E-state index in [1.165, 1.54) is 0 Å². The van der Waals surface area contributed by atoms with Crippen LogP contribution in [0.2, 0.25) is 0 Å². The summed E-state index contributed by atoms with van der Waals surface area (Å²) in [6.07, 6.45) is -0.612. The summed E-state index contributed by atoms with van der Waals surface area (Å²) in [5, 5.41) is 0. The number of fused-ring (bicyclic) bond motifs is 2. The molecule has 20 heavy (non-hydrogen) atoms. The van der Waals surface area contributed by atoms with Gasteiger partial charge in [-0.25, -0.2) is 4.79 Å². The number of nitrogens with zero attached hydrogens (tertiary/aromatic N) is 1. The van der Waals surface area contributed by atoms with Gasteiger partial charge in [-0.05, 0) is 17.7 Å². The molecule has 0 fully saturated rings. The lowest BCUT2D eigenvalue weighted by Crippen LogP contribution is -2.29. The van der Waals surface area contributed by atoms with Crippen LogP contribution in [0.5, 0.6) is 0 Å². The highest BCUT2D eigenvalue weighted by atomic mass is 16.6. The fourth-order valence-corrected chi connectivity index (χ4v) is 2.82. The van der Waals surface area contributed by atoms with Crippen molar-refractivity contribution in [2.75, 3.05) is 0 Å². The van der Waals surface area contributed by atoms with E-state index in [0.29, 0.717) is 17.7 Å². The van der Waals surface area contributed by atoms with Crippen LogP contribution in [0.4, 0.5) is 0 Å². The fraction of sp³-hybridized carbons (Fsp3) is 0.125. The number of ether oxygens (including phenoxy) is 1. The first kappa shape index (κ1) is 11.2. The normalized spacial score (nSPS) is 19.8. The van der Waals surface area contributed by atoms with Crippen molar-refractivity contribution in [3.63, 3.8) is 0 Å². The SMILES string of the molecule is O=C1OC(N2Cc3ccccc3C2=O)c2ccccc21. The molecule has 0 bridgehead atoms. The van der Waals surface area contributed by atoms with Gasteiger partial charge in [-0.2, -0.15) is 0 Å². The van der Waals surface area contributed by atoms with Gasteiger partial charge < -0.3 is 4.74 Å². The molecule has 0 aliphatic carbocycles. The molecule has 2 aromatic carbocycles. The van der Waals surface area contributed by atoms with Gasteiger partial charge >= 0.3 is 5.97 Å². The predicted molar refractivity (Wildman–Crippen MR) is 70.9 cm³/mol. The molecule has 0 saturated heterocycles. The molecule has 4 nitrogen and oxygen atoms in total. The summed E-state index contributed by atoms with van der Waals surface area (Å²) >= 11 is 0. The molecule has 2 aromatic rings. The van der Waals surface area contributed by atoms with E-state index in [1.54, 1.807) is 23.1 Å². The Morgan fingerprint density at radius 3 is 2.45 bits per heavy atom. The molecule has 1 atom stereocenters. The Balaban J connectivity index is 1.75. The van der Waals surface area contributed by atoms with Crippen molar-refractivity contribution in [1.82, 2.24) is 4.90 Å². The molecule has 0 N–H and O–H groups in total. The molecule has 1 amide bonds. The summed E-state index contributed by atoms with van der Waals surface area (Å²) in [4.78, 5) is 25.9. The van der Waals surface area contributed by atoms with Crippen LogP contribution in [0.1, 0.15) is 38.1 Å². The Labute approximate surface area is 115 Å². The lowest BCUT2D eigenvalue weighted by atomic mass is 10.1. The second kappa shape index (κ2) is 3.93. The van der Waals surface area contributed by atoms with Crippen molar-refractivity contribution in [3.05, 3.63) is 70.8 Å². The van der Waals surface area contributed by atoms with Gasteiger partial charge in [0.05, 0.1) is 12.1 Å². The van der Waals surface area contributed by atoms with Crippen LogP contribution in [0, 0.1) is 0 Å². The van der Waals surface area contributed by atoms with Gasteiger partial charge in [-0.3, -0.25) is 9.69 Å². The maximum atomic E-state index is 12.4. The molecule has 0 aromatic heterocycles. The summed E-state index contributed by atoms with van der Waals surface area (Å²) in [6.45, 7) is 0.473. The molecular formula is C16H11NO3. The Kier molecular flexibility index (Phi) is 2.21. The van der Waals surface area contributed by atoms with Gasteiger partial charge in [-0.1, -0.05) is 36.4 Å². The average molecular weight is 265 g/mol. The molecule has 4 heteroatoms. The molecule has 0 radical (unpaired) electrons. The van der Waals surface area contributed by atoms with E-state index in [9.17, 15) is 9.59 Å². The standard InChI is InChI=1S/C16H11NO3/c18-14-11-6-2-1-5-10(11)9-17(14)15-12-7-3-4-8-13(12)16(19)20-15/h1-8,15H,9H2. The minimum absolute atomic E-state index is 0.0879. The van der Waals surface area contributed by atoms with Crippen molar-refractivity contribution in [3.8, 4) is 0 Å². The van der Waals surface area contributed by atoms with Crippen LogP contribution in [-0.2, 0) is 11.3 Å². The van der Waals surface area contributed by atoms with E-state index in [4.69, 9.17) is 4.74 Å². The molecule has 2 aliphatic heterocycles. The zero-order chi connectivity index (χ0) is 13.7. The minimum Gasteiger partial charge on any atom is -0.433 e. The van der Waals surface area contributed by atoms with Crippen molar-refractivity contribution < 1.29 is 14.3 Å². The van der Waals surface area contributed by atoms with Gasteiger partial charge in [0.15, 0.2) is 0 Å². The average Bonchev–Trinajstić information content (AvgIpc) is 2.99. The smallest absolute Gasteiger partial charge is 0.340 e. The third-order valence-electron chi connectivity index (χ3n) is 3.80. The molecular weight excluding hydrogens is 254 g/mol. The van der Waals surface area contributed by atoms with E-state index in [1.807, 2.05) is 30.3 Å². The van der Waals surface area contributed by atoms with E-state index < -0.39 is 6.23 Å². The van der Waals surface area contributed by atoms with Gasteiger partial charge in [0, 0.05) is 11.1 Å². The topological polar surface area (TPSA) is 46.6 Å². The van der Waals surface area contributed by atoms with Gasteiger partial charge in [0.2, 0.25) is 6.23 Å². The maximum absolute atomic E-state index is 12.4. The zero-order valence-corrected chi connectivity index (χ0v) is 10.6. The summed E-state index contributed by atoms with van der Waals surface area (Å²) in [7, 11) is 0. The molecule has 0 saturated carbocycles. The first-order valence-corrected chi connectivity index (χ1v) is 6.44. The number of hydrogen-bond acceptors (Lipinski definition) is 3. The largest absolute Gasteiger partial charge is 0.433 e. The summed E-state index contributed by atoms with van der Waals surface area (Å²) in [5.74, 6) is -0.454. The number of carbonyl (C=O) groups is 2. The van der Waals surface area contributed by atoms with Gasteiger partial charge in [0.1, 0.15) is 0 Å². The molecule has 98 valence electrons. The maximum Gasteiger partial charge on any atom is 0.340 e. The third-order valence-corrected chi connectivity index (χ3v) is 3.80. The second-order valence-electron chi connectivity index (χ2n) is 4.94. The highest BCUT2D eigenvalue weighted by Gasteiger charge is 2.40. The van der Waals surface area contributed by atoms with Crippen LogP contribution in [0.3, 0.4) is 0 Å². The summed E-state index contributed by atoms with van der Waals surface area (Å²) in [6, 6.07) is 14.7. The van der Waals surface area contributed by atoms with Gasteiger partial charge in [0.25, 0.3) is 5.91 Å². The lowest BCUT2D eigenvalue weighted by Gasteiger charge is -2.23. The Bertz CT molecular complexity index is 738. The molecule has 4 rings (SSSR count). The van der Waals surface area contributed by atoms with Crippen LogP contribution in [0.15, 0.2) is 48.5 Å². The van der Waals surface area contributed by atoms with Crippen molar-refractivity contribution >= 4 is 11.9 Å². The molecule has 0 spiro atoms. The number of cyclic esters (lactones) is 1. The van der Waals surface area contributed by atoms with Crippen LogP contribution >= 0.6 is 0 Å². The second-order valence-corrected chi connectivity index (χ2v) is 4.94. The first-order chi connectivity index (χ1) is 9.75. The lowest BCUT2D eigenvalue weighted by molar-refractivity contribution is -0.0146. The number of esters is 1. The van der Waals surface area contributed by atoms with E-state index in [0.717, 1.165) is 11.1 Å². The quantitative estimate of drug-likeness (QED) is 0.744. The minimum atomic E-state index is -0.612. The summed E-state index contributed by atoms with van der Waals surface area (Å²) < 4.78 is 5.38. The van der Waals surface area contributed by atoms with Crippen LogP contribution in [-0.4, -0.2) is 16.8 Å². The van der Waals surface area contributed by atoms with E-state index in [-0.39, 0.29) is 11.9 Å². The van der Waals surface area contributed by atoms with Crippen LogP contribution < -0.4 is 0 Å². The Morgan fingerprint density at radius 2 is 1.65 bits per heavy atom. The van der Waals surface area contributed by atoms with E-state index in [2.05, 4.69) is 0 Å². The van der Waals surface area contributed by atoms with E-state index >= 15 is 0 Å². The Morgan fingerprint density at radius 1 is 0.950 bits per heavy atom. The highest BCUT2D eigenvalue weighted by Crippen LogP contribution is 2.37. The Hall–Kier alpha value is -2.62. The number of benzene rings is 2. The van der Waals surface area contributed by atoms with Crippen molar-refractivity contribution in [1.29, 1.82) is 0 Å². The predicted octanol–water partition coefficient (Wildman–Crippen LogP) is 2.51. The number of amides is 1. The molecule has 2 aliphatic rings. The third kappa shape index (κ3) is 1.42. The number of hydrogen-bond donors (Lipinski definition) is 0. The highest BCUT2D eigenvalue weighted by molar-refractivity contribution is 6.00. The fourth-order valence-electron chi connectivity index (χ4n) is 2.82. The number of rotatable bonds is 1. The monoisotopic (exact) mass is 265 g/mol. The van der Waals surface area contributed by atoms with Gasteiger partial charge in [-0.15, -0.1) is 0 Å². The molecule has 1 unspecified atom stereocenters.